The molecule has 6 nitrogen and oxygen atoms in total. The molecule has 0 N–H and O–H groups in total. The molecule has 3 aromatic carbocycles. The smallest absolute Gasteiger partial charge is 0.261 e. The number of carbonyl (C=O) groups is 2. The highest BCUT2D eigenvalue weighted by Gasteiger charge is 2.91. The first-order valence-electron chi connectivity index (χ1n) is 11.9. The second-order valence-electron chi connectivity index (χ2n) is 9.85. The Balaban J connectivity index is 1.53. The minimum atomic E-state index is -1.20. The maximum Gasteiger partial charge on any atom is 0.261 e. The Kier molecular flexibility index (Phi) is 4.80. The summed E-state index contributed by atoms with van der Waals surface area (Å²) in [6.45, 7) is 7.65. The Morgan fingerprint density at radius 3 is 1.50 bits per heavy atom. The van der Waals surface area contributed by atoms with E-state index in [1.54, 1.807) is 6.07 Å². The van der Waals surface area contributed by atoms with Gasteiger partial charge in [0, 0.05) is 10.9 Å². The number of nitrogens with zero attached hydrogens (tertiary/aromatic N) is 4. The quantitative estimate of drug-likeness (QED) is 0.455. The molecular formula is C29H25ClN4O2. The van der Waals surface area contributed by atoms with E-state index in [-0.39, 0.29) is 11.8 Å². The van der Waals surface area contributed by atoms with Gasteiger partial charge in [-0.15, -0.1) is 0 Å². The molecule has 3 atom stereocenters. The van der Waals surface area contributed by atoms with Crippen LogP contribution in [0, 0.1) is 24.7 Å². The molecule has 0 bridgehead atoms. The number of anilines is 2. The second-order valence-corrected chi connectivity index (χ2v) is 10.3. The predicted octanol–water partition coefficient (Wildman–Crippen LogP) is 5.87. The first-order chi connectivity index (χ1) is 17.2. The minimum absolute atomic E-state index is 0.234. The van der Waals surface area contributed by atoms with E-state index in [2.05, 4.69) is 0 Å². The molecule has 36 heavy (non-hydrogen) atoms. The lowest BCUT2D eigenvalue weighted by atomic mass is 9.85. The van der Waals surface area contributed by atoms with Crippen molar-refractivity contribution in [3.63, 3.8) is 0 Å². The van der Waals surface area contributed by atoms with Gasteiger partial charge in [-0.2, -0.15) is 20.2 Å². The zero-order chi connectivity index (χ0) is 25.4. The number of hydrazone groups is 2. The summed E-state index contributed by atoms with van der Waals surface area (Å²) in [6, 6.07) is 22.7. The van der Waals surface area contributed by atoms with Crippen LogP contribution in [0.2, 0.25) is 5.02 Å². The third-order valence-electron chi connectivity index (χ3n) is 7.88. The van der Waals surface area contributed by atoms with Gasteiger partial charge in [0.2, 0.25) is 0 Å². The van der Waals surface area contributed by atoms with E-state index in [0.717, 1.165) is 16.7 Å². The molecule has 1 fully saturated rings. The van der Waals surface area contributed by atoms with Crippen molar-refractivity contribution in [1.29, 1.82) is 0 Å². The summed E-state index contributed by atoms with van der Waals surface area (Å²) >= 11 is 6.69. The van der Waals surface area contributed by atoms with Crippen LogP contribution < -0.4 is 10.0 Å². The molecule has 180 valence electrons. The Bertz CT molecular complexity index is 1400. The van der Waals surface area contributed by atoms with Crippen LogP contribution in [0.15, 0.2) is 83.0 Å². The maximum absolute atomic E-state index is 14.4. The number of amides is 2. The highest BCUT2D eigenvalue weighted by molar-refractivity contribution is 6.38. The van der Waals surface area contributed by atoms with Crippen LogP contribution >= 0.6 is 11.6 Å². The number of aryl methyl sites for hydroxylation is 2. The Labute approximate surface area is 214 Å². The van der Waals surface area contributed by atoms with E-state index >= 15 is 0 Å². The van der Waals surface area contributed by atoms with Crippen molar-refractivity contribution in [1.82, 2.24) is 0 Å². The molecular weight excluding hydrogens is 472 g/mol. The summed E-state index contributed by atoms with van der Waals surface area (Å²) in [5, 5.41) is 12.8. The molecule has 0 saturated heterocycles. The summed E-state index contributed by atoms with van der Waals surface area (Å²) in [5.41, 5.74) is 3.02. The fraction of sp³-hybridized carbons (Fsp3) is 0.241. The first kappa shape index (κ1) is 22.7. The summed E-state index contributed by atoms with van der Waals surface area (Å²) in [7, 11) is 0. The van der Waals surface area contributed by atoms with Gasteiger partial charge >= 0.3 is 0 Å². The lowest BCUT2D eigenvalue weighted by Gasteiger charge is -2.19. The van der Waals surface area contributed by atoms with Crippen LogP contribution in [0.5, 0.6) is 0 Å². The van der Waals surface area contributed by atoms with E-state index in [4.69, 9.17) is 21.8 Å². The largest absolute Gasteiger partial charge is 0.271 e. The summed E-state index contributed by atoms with van der Waals surface area (Å²) in [5.74, 6) is -0.984. The van der Waals surface area contributed by atoms with Gasteiger partial charge in [0.15, 0.2) is 0 Å². The number of rotatable bonds is 3. The van der Waals surface area contributed by atoms with E-state index in [1.807, 2.05) is 94.4 Å². The Morgan fingerprint density at radius 1 is 0.667 bits per heavy atom. The van der Waals surface area contributed by atoms with Crippen LogP contribution in [-0.4, -0.2) is 23.2 Å². The topological polar surface area (TPSA) is 65.3 Å². The molecule has 3 aromatic rings. The molecule has 3 aliphatic rings. The van der Waals surface area contributed by atoms with Crippen LogP contribution in [0.3, 0.4) is 0 Å². The lowest BCUT2D eigenvalue weighted by molar-refractivity contribution is -0.126. The van der Waals surface area contributed by atoms with E-state index in [1.165, 1.54) is 10.0 Å². The zero-order valence-corrected chi connectivity index (χ0v) is 21.2. The molecule has 2 aliphatic heterocycles. The number of carbonyl (C=O) groups excluding carboxylic acids is 2. The van der Waals surface area contributed by atoms with Crippen molar-refractivity contribution < 1.29 is 9.59 Å². The summed E-state index contributed by atoms with van der Waals surface area (Å²) in [4.78, 5) is 28.7. The molecule has 1 aliphatic carbocycles. The highest BCUT2D eigenvalue weighted by Crippen LogP contribution is 2.79. The fourth-order valence-corrected chi connectivity index (χ4v) is 6.38. The second kappa shape index (κ2) is 7.61. The molecule has 2 amide bonds. The number of hydrogen-bond donors (Lipinski definition) is 0. The standard InChI is InChI=1S/C29H25ClN4O2/c1-17-9-13-21(14-10-17)33-26(35)28(19(3)31-33)25(23-7-5-6-8-24(23)30)29(28)20(4)32-34(27(29)36)22-15-11-18(2)12-16-22/h5-16,25H,1-4H3/t25?,28-,29+. The number of hydrogen-bond acceptors (Lipinski definition) is 4. The lowest BCUT2D eigenvalue weighted by Crippen LogP contribution is -2.40. The number of benzene rings is 3. The molecule has 2 spiro atoms. The van der Waals surface area contributed by atoms with Gasteiger partial charge in [-0.1, -0.05) is 65.2 Å². The van der Waals surface area contributed by atoms with E-state index in [9.17, 15) is 9.59 Å². The van der Waals surface area contributed by atoms with Crippen molar-refractivity contribution in [2.75, 3.05) is 10.0 Å². The van der Waals surface area contributed by atoms with Gasteiger partial charge in [0.25, 0.3) is 11.8 Å². The average Bonchev–Trinajstić information content (AvgIpc) is 3.33. The molecule has 1 unspecified atom stereocenters. The van der Waals surface area contributed by atoms with Gasteiger partial charge in [-0.05, 0) is 63.6 Å². The Morgan fingerprint density at radius 2 is 1.08 bits per heavy atom. The molecule has 0 radical (unpaired) electrons. The van der Waals surface area contributed by atoms with Crippen LogP contribution in [0.4, 0.5) is 11.4 Å². The first-order valence-corrected chi connectivity index (χ1v) is 12.3. The van der Waals surface area contributed by atoms with Gasteiger partial charge in [0.1, 0.15) is 10.8 Å². The normalized spacial score (nSPS) is 26.8. The van der Waals surface area contributed by atoms with Gasteiger partial charge < -0.3 is 0 Å². The van der Waals surface area contributed by atoms with E-state index in [0.29, 0.717) is 27.8 Å². The van der Waals surface area contributed by atoms with Crippen LogP contribution in [0.25, 0.3) is 0 Å². The number of halogens is 1. The highest BCUT2D eigenvalue weighted by atomic mass is 35.5. The van der Waals surface area contributed by atoms with Crippen molar-refractivity contribution in [2.24, 2.45) is 21.0 Å². The van der Waals surface area contributed by atoms with Gasteiger partial charge in [-0.3, -0.25) is 9.59 Å². The van der Waals surface area contributed by atoms with Crippen molar-refractivity contribution >= 4 is 46.2 Å². The van der Waals surface area contributed by atoms with Crippen LogP contribution in [0.1, 0.15) is 36.5 Å². The average molecular weight is 497 g/mol. The number of fused-ring (bicyclic) bond motifs is 1. The van der Waals surface area contributed by atoms with Crippen molar-refractivity contribution in [2.45, 2.75) is 33.6 Å². The zero-order valence-electron chi connectivity index (χ0n) is 20.5. The summed E-state index contributed by atoms with van der Waals surface area (Å²) in [6.07, 6.45) is 0. The SMILES string of the molecule is CC1=NN(c2ccc(C)cc2)C(=O)[C@@]12C(c1ccccc1Cl)[C@]21C(=O)N(c2ccc(C)cc2)N=C1C. The monoisotopic (exact) mass is 496 g/mol. The third kappa shape index (κ3) is 2.68. The van der Waals surface area contributed by atoms with Gasteiger partial charge in [-0.25, -0.2) is 0 Å². The van der Waals surface area contributed by atoms with Crippen molar-refractivity contribution in [3.8, 4) is 0 Å². The molecule has 2 heterocycles. The molecule has 7 heteroatoms. The third-order valence-corrected chi connectivity index (χ3v) is 8.22. The van der Waals surface area contributed by atoms with Gasteiger partial charge in [0.05, 0.1) is 22.8 Å². The van der Waals surface area contributed by atoms with Crippen molar-refractivity contribution in [3.05, 3.63) is 94.5 Å². The molecule has 1 saturated carbocycles. The van der Waals surface area contributed by atoms with Crippen LogP contribution in [-0.2, 0) is 9.59 Å². The summed E-state index contributed by atoms with van der Waals surface area (Å²) < 4.78 is 0. The predicted molar refractivity (Wildman–Crippen MR) is 143 cm³/mol. The maximum atomic E-state index is 14.4. The fourth-order valence-electron chi connectivity index (χ4n) is 6.14. The Hall–Kier alpha value is -3.77. The molecule has 0 aromatic heterocycles. The molecule has 6 rings (SSSR count). The van der Waals surface area contributed by atoms with E-state index < -0.39 is 16.7 Å². The minimum Gasteiger partial charge on any atom is -0.271 e.